The molecule has 2 aromatic heterocycles. The summed E-state index contributed by atoms with van der Waals surface area (Å²) in [5, 5.41) is 18.2. The van der Waals surface area contributed by atoms with E-state index < -0.39 is 5.97 Å². The van der Waals surface area contributed by atoms with Crippen molar-refractivity contribution < 1.29 is 19.1 Å². The van der Waals surface area contributed by atoms with Crippen LogP contribution in [0, 0.1) is 0 Å². The number of hydrogen-bond acceptors (Lipinski definition) is 9. The topological polar surface area (TPSA) is 101 Å². The predicted molar refractivity (Wildman–Crippen MR) is 161 cm³/mol. The van der Waals surface area contributed by atoms with E-state index in [-0.39, 0.29) is 0 Å². The standard InChI is InChI=1S/C32H27N5O4S/c1-2-39-20-5-21-40-27-18-16-23(17-19-27)22-8-10-24(11-9-22)30-34-35-31(42-30)25-12-14-26(15-13-25)32(38)41-37-29-7-4-3-6-28(29)33-36-37/h3-4,6-19H,2,5,20-21H2,1H3. The number of ether oxygens (including phenoxy) is 2. The second kappa shape index (κ2) is 12.7. The predicted octanol–water partition coefficient (Wildman–Crippen LogP) is 6.36. The lowest BCUT2D eigenvalue weighted by atomic mass is 10.0. The average Bonchev–Trinajstić information content (AvgIpc) is 3.70. The van der Waals surface area contributed by atoms with Gasteiger partial charge in [0.2, 0.25) is 0 Å². The lowest BCUT2D eigenvalue weighted by Gasteiger charge is -2.08. The van der Waals surface area contributed by atoms with E-state index in [1.807, 2.05) is 55.5 Å². The fraction of sp³-hybridized carbons (Fsp3) is 0.156. The van der Waals surface area contributed by atoms with Crippen molar-refractivity contribution in [1.29, 1.82) is 0 Å². The zero-order valence-electron chi connectivity index (χ0n) is 22.8. The highest BCUT2D eigenvalue weighted by Crippen LogP contribution is 2.32. The van der Waals surface area contributed by atoms with Crippen molar-refractivity contribution in [3.63, 3.8) is 0 Å². The third-order valence-corrected chi connectivity index (χ3v) is 7.53. The van der Waals surface area contributed by atoms with Crippen molar-refractivity contribution in [2.45, 2.75) is 13.3 Å². The van der Waals surface area contributed by atoms with E-state index in [2.05, 4.69) is 44.8 Å². The molecule has 4 aromatic carbocycles. The third-order valence-electron chi connectivity index (χ3n) is 6.51. The van der Waals surface area contributed by atoms with E-state index in [0.717, 1.165) is 55.9 Å². The minimum Gasteiger partial charge on any atom is -0.494 e. The van der Waals surface area contributed by atoms with Crippen LogP contribution in [0.3, 0.4) is 0 Å². The summed E-state index contributed by atoms with van der Waals surface area (Å²) in [6, 6.07) is 30.7. The Morgan fingerprint density at radius 1 is 0.738 bits per heavy atom. The molecule has 0 saturated carbocycles. The molecule has 0 fully saturated rings. The Bertz CT molecular complexity index is 1780. The maximum atomic E-state index is 12.7. The van der Waals surface area contributed by atoms with E-state index in [1.165, 1.54) is 11.3 Å². The molecule has 0 aliphatic carbocycles. The van der Waals surface area contributed by atoms with Gasteiger partial charge in [-0.25, -0.2) is 4.79 Å². The molecule has 0 N–H and O–H groups in total. The Morgan fingerprint density at radius 3 is 2.05 bits per heavy atom. The van der Waals surface area contributed by atoms with E-state index in [9.17, 15) is 4.79 Å². The van der Waals surface area contributed by atoms with E-state index in [0.29, 0.717) is 29.8 Å². The molecule has 42 heavy (non-hydrogen) atoms. The van der Waals surface area contributed by atoms with E-state index in [4.69, 9.17) is 14.3 Å². The van der Waals surface area contributed by atoms with Gasteiger partial charge < -0.3 is 14.3 Å². The summed E-state index contributed by atoms with van der Waals surface area (Å²) < 4.78 is 11.1. The van der Waals surface area contributed by atoms with Crippen LogP contribution in [0.4, 0.5) is 0 Å². The average molecular weight is 578 g/mol. The van der Waals surface area contributed by atoms with Crippen LogP contribution in [0.5, 0.6) is 5.75 Å². The van der Waals surface area contributed by atoms with Crippen LogP contribution in [0.25, 0.3) is 43.3 Å². The summed E-state index contributed by atoms with van der Waals surface area (Å²) in [4.78, 5) is 19.2. The van der Waals surface area contributed by atoms with E-state index in [1.54, 1.807) is 24.3 Å². The number of carbonyl (C=O) groups excluding carboxylic acids is 1. The fourth-order valence-electron chi connectivity index (χ4n) is 4.30. The molecule has 0 atom stereocenters. The second-order valence-corrected chi connectivity index (χ2v) is 10.3. The number of carbonyl (C=O) groups is 1. The summed E-state index contributed by atoms with van der Waals surface area (Å²) in [5.74, 6) is 0.317. The molecule has 0 radical (unpaired) electrons. The molecule has 10 heteroatoms. The van der Waals surface area contributed by atoms with Gasteiger partial charge in [0.1, 0.15) is 26.8 Å². The van der Waals surface area contributed by atoms with Gasteiger partial charge in [-0.15, -0.1) is 15.3 Å². The molecular formula is C32H27N5O4S. The molecular weight excluding hydrogens is 550 g/mol. The number of aromatic nitrogens is 5. The summed E-state index contributed by atoms with van der Waals surface area (Å²) in [6.45, 7) is 4.07. The molecule has 9 nitrogen and oxygen atoms in total. The number of rotatable bonds is 11. The van der Waals surface area contributed by atoms with Crippen molar-refractivity contribution in [3.05, 3.63) is 103 Å². The first-order valence-corrected chi connectivity index (χ1v) is 14.4. The van der Waals surface area contributed by atoms with Crippen molar-refractivity contribution in [3.8, 4) is 38.0 Å². The fourth-order valence-corrected chi connectivity index (χ4v) is 5.15. The molecule has 2 heterocycles. The normalized spacial score (nSPS) is 11.1. The highest BCUT2D eigenvalue weighted by Gasteiger charge is 2.14. The van der Waals surface area contributed by atoms with Gasteiger partial charge in [0, 0.05) is 30.8 Å². The number of hydrogen-bond donors (Lipinski definition) is 0. The highest BCUT2D eigenvalue weighted by molar-refractivity contribution is 7.17. The van der Waals surface area contributed by atoms with Gasteiger partial charge in [-0.3, -0.25) is 0 Å². The van der Waals surface area contributed by atoms with Crippen LogP contribution in [0.2, 0.25) is 0 Å². The Kier molecular flexibility index (Phi) is 8.25. The highest BCUT2D eigenvalue weighted by atomic mass is 32.1. The third kappa shape index (κ3) is 6.19. The largest absolute Gasteiger partial charge is 0.494 e. The van der Waals surface area contributed by atoms with E-state index >= 15 is 0 Å². The van der Waals surface area contributed by atoms with Crippen LogP contribution < -0.4 is 9.57 Å². The molecule has 6 rings (SSSR count). The van der Waals surface area contributed by atoms with Gasteiger partial charge >= 0.3 is 5.97 Å². The molecule has 0 unspecified atom stereocenters. The molecule has 210 valence electrons. The first-order valence-electron chi connectivity index (χ1n) is 13.6. The molecule has 0 amide bonds. The van der Waals surface area contributed by atoms with Crippen molar-refractivity contribution in [2.24, 2.45) is 0 Å². The molecule has 0 saturated heterocycles. The zero-order chi connectivity index (χ0) is 28.7. The van der Waals surface area contributed by atoms with Gasteiger partial charge in [-0.1, -0.05) is 76.8 Å². The molecule has 6 aromatic rings. The smallest absolute Gasteiger partial charge is 0.365 e. The second-order valence-electron chi connectivity index (χ2n) is 9.32. The van der Waals surface area contributed by atoms with Crippen molar-refractivity contribution in [1.82, 2.24) is 25.4 Å². The monoisotopic (exact) mass is 577 g/mol. The Balaban J connectivity index is 1.07. The first kappa shape index (κ1) is 27.3. The lowest BCUT2D eigenvalue weighted by Crippen LogP contribution is -2.20. The molecule has 0 bridgehead atoms. The number of benzene rings is 4. The van der Waals surface area contributed by atoms with Gasteiger partial charge in [0.25, 0.3) is 0 Å². The maximum absolute atomic E-state index is 12.7. The number of fused-ring (bicyclic) bond motifs is 1. The Morgan fingerprint density at radius 2 is 1.36 bits per heavy atom. The Hall–Kier alpha value is -4.93. The molecule has 0 spiro atoms. The van der Waals surface area contributed by atoms with Crippen LogP contribution in [0.15, 0.2) is 97.1 Å². The maximum Gasteiger partial charge on any atom is 0.365 e. The summed E-state index contributed by atoms with van der Waals surface area (Å²) in [7, 11) is 0. The van der Waals surface area contributed by atoms with Crippen LogP contribution in [-0.2, 0) is 4.74 Å². The number of para-hydroxylation sites is 1. The summed E-state index contributed by atoms with van der Waals surface area (Å²) in [5.41, 5.74) is 5.70. The molecule has 0 aliphatic rings. The van der Waals surface area contributed by atoms with Crippen LogP contribution in [0.1, 0.15) is 23.7 Å². The quantitative estimate of drug-likeness (QED) is 0.130. The van der Waals surface area contributed by atoms with Crippen LogP contribution in [-0.4, -0.2) is 51.1 Å². The van der Waals surface area contributed by atoms with Crippen LogP contribution >= 0.6 is 11.3 Å². The minimum atomic E-state index is -0.532. The van der Waals surface area contributed by atoms with Gasteiger partial charge in [-0.05, 0) is 59.7 Å². The summed E-state index contributed by atoms with van der Waals surface area (Å²) >= 11 is 1.49. The lowest BCUT2D eigenvalue weighted by molar-refractivity contribution is 0.0409. The van der Waals surface area contributed by atoms with Crippen molar-refractivity contribution >= 4 is 28.3 Å². The minimum absolute atomic E-state index is 0.389. The van der Waals surface area contributed by atoms with Gasteiger partial charge in [0.05, 0.1) is 12.2 Å². The van der Waals surface area contributed by atoms with Gasteiger partial charge in [-0.2, -0.15) is 0 Å². The number of nitrogens with zero attached hydrogens (tertiary/aromatic N) is 5. The first-order chi connectivity index (χ1) is 20.7. The molecule has 0 aliphatic heterocycles. The Labute approximate surface area is 246 Å². The summed E-state index contributed by atoms with van der Waals surface area (Å²) in [6.07, 6.45) is 0.868. The van der Waals surface area contributed by atoms with Gasteiger partial charge in [0.15, 0.2) is 0 Å². The van der Waals surface area contributed by atoms with Crippen molar-refractivity contribution in [2.75, 3.05) is 19.8 Å². The zero-order valence-corrected chi connectivity index (χ0v) is 23.7. The SMILES string of the molecule is CCOCCCOc1ccc(-c2ccc(-c3nnc(-c4ccc(C(=O)On5nnc6ccccc65)cc4)s3)cc2)cc1.